The van der Waals surface area contributed by atoms with Crippen LogP contribution < -0.4 is 11.1 Å². The molecule has 18 rings (SSSR count). The van der Waals surface area contributed by atoms with Gasteiger partial charge in [0.2, 0.25) is 0 Å². The summed E-state index contributed by atoms with van der Waals surface area (Å²) in [7, 11) is 0. The molecule has 0 amide bonds. The van der Waals surface area contributed by atoms with Gasteiger partial charge in [0.05, 0.1) is 33.1 Å². The molecule has 77 heavy (non-hydrogen) atoms. The van der Waals surface area contributed by atoms with Gasteiger partial charge in [-0.3, -0.25) is 18.4 Å². The molecular formula is C71H41N3O2S. The van der Waals surface area contributed by atoms with Gasteiger partial charge in [-0.25, -0.2) is 0 Å². The largest absolute Gasteiger partial charge is 0.309 e. The van der Waals surface area contributed by atoms with Gasteiger partial charge in [-0.05, 0) is 146 Å². The first-order valence-electron chi connectivity index (χ1n) is 26.4. The molecule has 0 aliphatic heterocycles. The Hall–Kier alpha value is -9.62. The molecule has 0 N–H and O–H groups in total. The van der Waals surface area contributed by atoms with Crippen LogP contribution in [0.25, 0.3) is 157 Å². The van der Waals surface area contributed by atoms with E-state index in [2.05, 4.69) is 200 Å². The van der Waals surface area contributed by atoms with Crippen molar-refractivity contribution in [3.8, 4) is 39.1 Å². The molecule has 0 unspecified atom stereocenters. The summed E-state index contributed by atoms with van der Waals surface area (Å²) in [5, 5.41) is 14.7. The highest BCUT2D eigenvalue weighted by Crippen LogP contribution is 2.53. The van der Waals surface area contributed by atoms with Crippen LogP contribution in [0.3, 0.4) is 0 Å². The van der Waals surface area contributed by atoms with E-state index < -0.39 is 0 Å². The fraction of sp³-hybridized carbons (Fsp3) is 0.0423. The van der Waals surface area contributed by atoms with Crippen molar-refractivity contribution in [2.75, 3.05) is 0 Å². The number of thiophene rings is 1. The maximum absolute atomic E-state index is 15.1. The first-order chi connectivity index (χ1) is 37.8. The average Bonchev–Trinajstić information content (AvgIpc) is 4.40. The van der Waals surface area contributed by atoms with Crippen LogP contribution in [0.4, 0.5) is 0 Å². The zero-order valence-corrected chi connectivity index (χ0v) is 42.6. The topological polar surface area (TPSA) is 47.9 Å². The summed E-state index contributed by atoms with van der Waals surface area (Å²) < 4.78 is 8.89. The molecule has 1 aliphatic carbocycles. The Kier molecular flexibility index (Phi) is 7.80. The third-order valence-electron chi connectivity index (χ3n) is 17.7. The quantitative estimate of drug-likeness (QED) is 0.166. The fourth-order valence-electron chi connectivity index (χ4n) is 14.2. The molecule has 0 fully saturated rings. The van der Waals surface area contributed by atoms with Crippen molar-refractivity contribution in [2.24, 2.45) is 0 Å². The summed E-state index contributed by atoms with van der Waals surface area (Å²) >= 11 is 1.84. The van der Waals surface area contributed by atoms with Crippen molar-refractivity contribution in [3.63, 3.8) is 0 Å². The lowest BCUT2D eigenvalue weighted by atomic mass is 9.82. The molecule has 0 saturated carbocycles. The number of rotatable bonds is 3. The fourth-order valence-corrected chi connectivity index (χ4v) is 15.3. The standard InChI is InChI=1S/C71H41N3O2S/c1-71(2)59-27-24-39(38-23-26-44-54-32-41(40-25-28-66-53(30-40)48-17-8-12-22-65(48)77-66)33-55-46-15-6-10-20-62(46)74(67(54)55)70(76)58(44)31-38)29-50(59)51-36-52-45-14-5-9-19-61(45)72(64(52)37-60(51)71)42-34-56-43-13-3-4-18-49(43)69(75)73-63-21-11-7-16-47(63)57(35-42)68(56)73/h3-37H,1-2H3. The molecule has 6 aromatic heterocycles. The van der Waals surface area contributed by atoms with E-state index in [0.29, 0.717) is 10.8 Å². The molecule has 0 saturated heterocycles. The predicted octanol–water partition coefficient (Wildman–Crippen LogP) is 17.8. The zero-order valence-electron chi connectivity index (χ0n) is 41.8. The molecule has 0 bridgehead atoms. The van der Waals surface area contributed by atoms with Gasteiger partial charge in [-0.1, -0.05) is 135 Å². The van der Waals surface area contributed by atoms with Crippen LogP contribution in [0.5, 0.6) is 0 Å². The lowest BCUT2D eigenvalue weighted by Gasteiger charge is -2.22. The Morgan fingerprint density at radius 2 is 0.805 bits per heavy atom. The lowest BCUT2D eigenvalue weighted by Crippen LogP contribution is -2.15. The minimum absolute atomic E-state index is 0.00206. The summed E-state index contributed by atoms with van der Waals surface area (Å²) in [5.41, 5.74) is 16.2. The third kappa shape index (κ3) is 5.28. The highest BCUT2D eigenvalue weighted by Gasteiger charge is 2.37. The van der Waals surface area contributed by atoms with Gasteiger partial charge < -0.3 is 4.57 Å². The Bertz CT molecular complexity index is 5670. The number of benzene rings is 11. The van der Waals surface area contributed by atoms with E-state index in [1.807, 2.05) is 50.5 Å². The van der Waals surface area contributed by atoms with E-state index in [1.165, 1.54) is 53.2 Å². The van der Waals surface area contributed by atoms with Crippen molar-refractivity contribution >= 4 is 129 Å². The number of hydrogen-bond acceptors (Lipinski definition) is 3. The number of para-hydroxylation sites is 3. The number of nitrogens with zero attached hydrogens (tertiary/aromatic N) is 3. The Labute approximate surface area is 442 Å². The van der Waals surface area contributed by atoms with E-state index in [4.69, 9.17) is 0 Å². The van der Waals surface area contributed by atoms with E-state index >= 15 is 4.79 Å². The highest BCUT2D eigenvalue weighted by atomic mass is 32.1. The summed E-state index contributed by atoms with van der Waals surface area (Å²) in [6.45, 7) is 4.70. The number of fused-ring (bicyclic) bond motifs is 19. The first-order valence-corrected chi connectivity index (χ1v) is 27.2. The van der Waals surface area contributed by atoms with Gasteiger partial charge in [-0.2, -0.15) is 0 Å². The van der Waals surface area contributed by atoms with Crippen LogP contribution in [0, 0.1) is 0 Å². The molecule has 0 radical (unpaired) electrons. The summed E-state index contributed by atoms with van der Waals surface area (Å²) in [5.74, 6) is 0. The second-order valence-electron chi connectivity index (χ2n) is 21.9. The molecule has 358 valence electrons. The van der Waals surface area contributed by atoms with Crippen LogP contribution in [-0.4, -0.2) is 13.4 Å². The van der Waals surface area contributed by atoms with Gasteiger partial charge in [0.25, 0.3) is 11.1 Å². The maximum atomic E-state index is 15.1. The van der Waals surface area contributed by atoms with E-state index in [0.717, 1.165) is 104 Å². The van der Waals surface area contributed by atoms with E-state index in [9.17, 15) is 4.79 Å². The molecule has 0 spiro atoms. The molecule has 11 aromatic carbocycles. The molecule has 6 heteroatoms. The molecule has 0 atom stereocenters. The average molecular weight is 1000 g/mol. The van der Waals surface area contributed by atoms with Crippen molar-refractivity contribution < 1.29 is 0 Å². The Balaban J connectivity index is 0.824. The molecule has 6 heterocycles. The summed E-state index contributed by atoms with van der Waals surface area (Å²) in [6, 6.07) is 76.4. The Morgan fingerprint density at radius 3 is 1.55 bits per heavy atom. The number of aromatic nitrogens is 3. The minimum atomic E-state index is -0.295. The third-order valence-corrected chi connectivity index (χ3v) is 18.8. The van der Waals surface area contributed by atoms with Crippen molar-refractivity contribution in [3.05, 3.63) is 244 Å². The van der Waals surface area contributed by atoms with Crippen LogP contribution >= 0.6 is 11.3 Å². The predicted molar refractivity (Wildman–Crippen MR) is 324 cm³/mol. The summed E-state index contributed by atoms with van der Waals surface area (Å²) in [6.07, 6.45) is 0. The molecule has 17 aromatic rings. The van der Waals surface area contributed by atoms with Crippen LogP contribution in [0.15, 0.2) is 222 Å². The first kappa shape index (κ1) is 41.7. The SMILES string of the molecule is CC1(C)c2ccc(-c3ccc4c(c3)c(=O)n3c5ccccc5c5cc(-c6ccc7sc8ccccc8c7c6)cc4c53)cc2-c2cc3c4ccccc4n(-c4cc5c6ccccc6c(=O)n6c7ccccc7c(c4)c56)c3cc21. The van der Waals surface area contributed by atoms with Gasteiger partial charge in [0.1, 0.15) is 0 Å². The van der Waals surface area contributed by atoms with E-state index in [1.54, 1.807) is 0 Å². The summed E-state index contributed by atoms with van der Waals surface area (Å²) in [4.78, 5) is 29.3. The zero-order chi connectivity index (χ0) is 50.7. The van der Waals surface area contributed by atoms with Gasteiger partial charge >= 0.3 is 0 Å². The van der Waals surface area contributed by atoms with Crippen molar-refractivity contribution in [1.29, 1.82) is 0 Å². The monoisotopic (exact) mass is 999 g/mol. The van der Waals surface area contributed by atoms with Crippen LogP contribution in [0.1, 0.15) is 25.0 Å². The van der Waals surface area contributed by atoms with E-state index in [-0.39, 0.29) is 16.5 Å². The number of pyridine rings is 2. The normalized spacial score (nSPS) is 13.5. The van der Waals surface area contributed by atoms with Gasteiger partial charge in [-0.15, -0.1) is 11.3 Å². The second kappa shape index (κ2) is 14.4. The molecule has 5 nitrogen and oxygen atoms in total. The van der Waals surface area contributed by atoms with Crippen molar-refractivity contribution in [1.82, 2.24) is 13.4 Å². The van der Waals surface area contributed by atoms with Crippen LogP contribution in [-0.2, 0) is 5.41 Å². The maximum Gasteiger partial charge on any atom is 0.263 e. The smallest absolute Gasteiger partial charge is 0.263 e. The van der Waals surface area contributed by atoms with Crippen molar-refractivity contribution in [2.45, 2.75) is 19.3 Å². The highest BCUT2D eigenvalue weighted by molar-refractivity contribution is 7.25. The second-order valence-corrected chi connectivity index (χ2v) is 23.0. The molecular weight excluding hydrogens is 959 g/mol. The van der Waals surface area contributed by atoms with Crippen LogP contribution in [0.2, 0.25) is 0 Å². The lowest BCUT2D eigenvalue weighted by molar-refractivity contribution is 0.661. The van der Waals surface area contributed by atoms with Gasteiger partial charge in [0, 0.05) is 85.1 Å². The minimum Gasteiger partial charge on any atom is -0.309 e. The number of hydrogen-bond donors (Lipinski definition) is 0. The molecule has 1 aliphatic rings. The van der Waals surface area contributed by atoms with Gasteiger partial charge in [0.15, 0.2) is 0 Å². The Morgan fingerprint density at radius 1 is 0.325 bits per heavy atom.